The van der Waals surface area contributed by atoms with E-state index in [9.17, 15) is 4.79 Å². The van der Waals surface area contributed by atoms with Crippen LogP contribution in [0.2, 0.25) is 0 Å². The van der Waals surface area contributed by atoms with E-state index >= 15 is 0 Å². The quantitative estimate of drug-likeness (QED) is 0.770. The molecule has 0 atom stereocenters. The molecule has 0 aromatic rings. The molecule has 2 heterocycles. The zero-order valence-electron chi connectivity index (χ0n) is 12.0. The number of carbonyl (C=O) groups excluding carboxylic acids is 1. The van der Waals surface area contributed by atoms with Crippen molar-refractivity contribution >= 4 is 5.91 Å². The summed E-state index contributed by atoms with van der Waals surface area (Å²) in [6, 6.07) is 0. The monoisotopic (exact) mass is 252 g/mol. The van der Waals surface area contributed by atoms with Gasteiger partial charge in [0.2, 0.25) is 5.91 Å². The van der Waals surface area contributed by atoms with Crippen LogP contribution in [-0.2, 0) is 4.79 Å². The summed E-state index contributed by atoms with van der Waals surface area (Å²) in [4.78, 5) is 16.6. The summed E-state index contributed by atoms with van der Waals surface area (Å²) in [6.45, 7) is 9.93. The fourth-order valence-electron chi connectivity index (χ4n) is 2.96. The highest BCUT2D eigenvalue weighted by atomic mass is 16.2. The van der Waals surface area contributed by atoms with Crippen molar-refractivity contribution in [3.63, 3.8) is 0 Å². The Hall–Kier alpha value is -0.570. The van der Waals surface area contributed by atoms with Gasteiger partial charge in [0.25, 0.3) is 0 Å². The summed E-state index contributed by atoms with van der Waals surface area (Å²) in [5.41, 5.74) is 0. The van der Waals surface area contributed by atoms with Crippen molar-refractivity contribution in [2.45, 2.75) is 46.0 Å². The van der Waals surface area contributed by atoms with Crippen molar-refractivity contribution < 1.29 is 4.79 Å². The van der Waals surface area contributed by atoms with Gasteiger partial charge >= 0.3 is 0 Å². The summed E-state index contributed by atoms with van der Waals surface area (Å²) < 4.78 is 0. The molecule has 3 heteroatoms. The van der Waals surface area contributed by atoms with Crippen LogP contribution in [0.25, 0.3) is 0 Å². The van der Waals surface area contributed by atoms with Crippen molar-refractivity contribution in [3.05, 3.63) is 0 Å². The Morgan fingerprint density at radius 1 is 0.944 bits per heavy atom. The van der Waals surface area contributed by atoms with Crippen LogP contribution in [0, 0.1) is 11.8 Å². The molecular weight excluding hydrogens is 224 g/mol. The van der Waals surface area contributed by atoms with E-state index in [4.69, 9.17) is 0 Å². The van der Waals surface area contributed by atoms with Gasteiger partial charge in [0.05, 0.1) is 0 Å². The molecule has 2 fully saturated rings. The highest BCUT2D eigenvalue weighted by Gasteiger charge is 2.21. The average molecular weight is 252 g/mol. The summed E-state index contributed by atoms with van der Waals surface area (Å²) in [5.74, 6) is 2.05. The molecule has 2 aliphatic heterocycles. The second-order valence-electron chi connectivity index (χ2n) is 6.34. The minimum absolute atomic E-state index is 0.375. The van der Waals surface area contributed by atoms with Gasteiger partial charge in [-0.05, 0) is 50.6 Å². The maximum atomic E-state index is 12.1. The first-order chi connectivity index (χ1) is 8.65. The third-order valence-corrected chi connectivity index (χ3v) is 4.65. The maximum Gasteiger partial charge on any atom is 0.223 e. The molecule has 0 aliphatic carbocycles. The van der Waals surface area contributed by atoms with Crippen LogP contribution in [0.1, 0.15) is 46.0 Å². The van der Waals surface area contributed by atoms with Gasteiger partial charge in [0.15, 0.2) is 0 Å². The molecule has 0 radical (unpaired) electrons. The Kier molecular flexibility index (Phi) is 5.04. The lowest BCUT2D eigenvalue weighted by Crippen LogP contribution is -2.40. The minimum atomic E-state index is 0.375. The Balaban J connectivity index is 1.65. The number of carbonyl (C=O) groups is 1. The number of nitrogens with zero attached hydrogens (tertiary/aromatic N) is 2. The molecule has 0 unspecified atom stereocenters. The van der Waals surface area contributed by atoms with Gasteiger partial charge in [-0.15, -0.1) is 0 Å². The van der Waals surface area contributed by atoms with Crippen LogP contribution in [0.5, 0.6) is 0 Å². The molecule has 0 aromatic heterocycles. The summed E-state index contributed by atoms with van der Waals surface area (Å²) in [6.07, 6.45) is 5.70. The standard InChI is InChI=1S/C15H28N2O/c1-13-3-8-16(9-4-13)10-7-15(18)17-11-5-14(2)6-12-17/h13-14H,3-12H2,1-2H3. The van der Waals surface area contributed by atoms with E-state index in [-0.39, 0.29) is 0 Å². The van der Waals surface area contributed by atoms with Crippen LogP contribution in [0.3, 0.4) is 0 Å². The molecule has 0 N–H and O–H groups in total. The zero-order chi connectivity index (χ0) is 13.0. The molecule has 3 nitrogen and oxygen atoms in total. The first-order valence-corrected chi connectivity index (χ1v) is 7.65. The van der Waals surface area contributed by atoms with Crippen LogP contribution in [0.15, 0.2) is 0 Å². The van der Waals surface area contributed by atoms with Crippen molar-refractivity contribution in [3.8, 4) is 0 Å². The predicted octanol–water partition coefficient (Wildman–Crippen LogP) is 2.37. The lowest BCUT2D eigenvalue weighted by atomic mass is 9.98. The number of likely N-dealkylation sites (tertiary alicyclic amines) is 2. The molecular formula is C15H28N2O. The van der Waals surface area contributed by atoms with E-state index < -0.39 is 0 Å². The number of piperidine rings is 2. The number of hydrogen-bond donors (Lipinski definition) is 0. The van der Waals surface area contributed by atoms with E-state index in [1.54, 1.807) is 0 Å². The van der Waals surface area contributed by atoms with Crippen LogP contribution < -0.4 is 0 Å². The smallest absolute Gasteiger partial charge is 0.223 e. The Bertz CT molecular complexity index is 264. The van der Waals surface area contributed by atoms with E-state index in [1.165, 1.54) is 38.8 Å². The predicted molar refractivity (Wildman–Crippen MR) is 74.4 cm³/mol. The minimum Gasteiger partial charge on any atom is -0.343 e. The number of rotatable bonds is 3. The van der Waals surface area contributed by atoms with E-state index in [1.807, 2.05) is 0 Å². The summed E-state index contributed by atoms with van der Waals surface area (Å²) >= 11 is 0. The first-order valence-electron chi connectivity index (χ1n) is 7.65. The molecule has 2 saturated heterocycles. The Morgan fingerprint density at radius 2 is 1.44 bits per heavy atom. The van der Waals surface area contributed by atoms with Gasteiger partial charge in [-0.25, -0.2) is 0 Å². The Labute approximate surface area is 112 Å². The van der Waals surface area contributed by atoms with E-state index in [2.05, 4.69) is 23.6 Å². The van der Waals surface area contributed by atoms with Crippen LogP contribution in [0.4, 0.5) is 0 Å². The SMILES string of the molecule is CC1CCN(CCC(=O)N2CCC(C)CC2)CC1. The second kappa shape index (κ2) is 6.55. The molecule has 18 heavy (non-hydrogen) atoms. The molecule has 0 spiro atoms. The highest BCUT2D eigenvalue weighted by Crippen LogP contribution is 2.18. The van der Waals surface area contributed by atoms with Crippen LogP contribution in [-0.4, -0.2) is 48.4 Å². The topological polar surface area (TPSA) is 23.6 Å². The third-order valence-electron chi connectivity index (χ3n) is 4.65. The molecule has 1 amide bonds. The second-order valence-corrected chi connectivity index (χ2v) is 6.34. The molecule has 2 rings (SSSR count). The molecule has 0 aromatic carbocycles. The van der Waals surface area contributed by atoms with E-state index in [0.717, 1.165) is 37.9 Å². The fourth-order valence-corrected chi connectivity index (χ4v) is 2.96. The number of hydrogen-bond acceptors (Lipinski definition) is 2. The molecule has 104 valence electrons. The van der Waals surface area contributed by atoms with Gasteiger partial charge in [-0.1, -0.05) is 13.8 Å². The summed E-state index contributed by atoms with van der Waals surface area (Å²) in [7, 11) is 0. The molecule has 2 aliphatic rings. The lowest BCUT2D eigenvalue weighted by Gasteiger charge is -2.33. The van der Waals surface area contributed by atoms with Crippen molar-refractivity contribution in [2.75, 3.05) is 32.7 Å². The van der Waals surface area contributed by atoms with Gasteiger partial charge in [0.1, 0.15) is 0 Å². The van der Waals surface area contributed by atoms with Crippen LogP contribution >= 0.6 is 0 Å². The fraction of sp³-hybridized carbons (Fsp3) is 0.933. The third kappa shape index (κ3) is 3.98. The highest BCUT2D eigenvalue weighted by molar-refractivity contribution is 5.76. The van der Waals surface area contributed by atoms with Crippen molar-refractivity contribution in [1.29, 1.82) is 0 Å². The molecule has 0 saturated carbocycles. The van der Waals surface area contributed by atoms with Crippen molar-refractivity contribution in [2.24, 2.45) is 11.8 Å². The summed E-state index contributed by atoms with van der Waals surface area (Å²) in [5, 5.41) is 0. The van der Waals surface area contributed by atoms with Gasteiger partial charge in [-0.3, -0.25) is 4.79 Å². The van der Waals surface area contributed by atoms with Gasteiger partial charge in [-0.2, -0.15) is 0 Å². The lowest BCUT2D eigenvalue weighted by molar-refractivity contribution is -0.132. The maximum absolute atomic E-state index is 12.1. The van der Waals surface area contributed by atoms with Crippen molar-refractivity contribution in [1.82, 2.24) is 9.80 Å². The number of amides is 1. The van der Waals surface area contributed by atoms with Gasteiger partial charge in [0, 0.05) is 26.1 Å². The first kappa shape index (κ1) is 13.9. The van der Waals surface area contributed by atoms with E-state index in [0.29, 0.717) is 5.91 Å². The van der Waals surface area contributed by atoms with Gasteiger partial charge < -0.3 is 9.80 Å². The normalized spacial score (nSPS) is 24.4. The zero-order valence-corrected chi connectivity index (χ0v) is 12.0. The molecule has 0 bridgehead atoms. The average Bonchev–Trinajstić information content (AvgIpc) is 2.38. The Morgan fingerprint density at radius 3 is 2.00 bits per heavy atom. The largest absolute Gasteiger partial charge is 0.343 e.